The molecule has 0 unspecified atom stereocenters. The molecule has 1 aromatic heterocycles. The molecule has 0 aliphatic heterocycles. The van der Waals surface area contributed by atoms with Crippen LogP contribution in [-0.2, 0) is 24.8 Å². The van der Waals surface area contributed by atoms with E-state index in [2.05, 4.69) is 43.5 Å². The second-order valence-corrected chi connectivity index (χ2v) is 9.24. The molecule has 156 valence electrons. The standard InChI is InChI=1S/C24H27ClN4O/c1-24(2,3)22-14-21(29(28-22)20-9-5-8-18(25)13-20)15-26-23(30)27-19-11-10-16-6-4-7-17(16)12-19/h5,8-14H,4,6-7,15H2,1-3H3,(H2,26,27,30). The van der Waals surface area contributed by atoms with Gasteiger partial charge in [-0.05, 0) is 66.8 Å². The summed E-state index contributed by atoms with van der Waals surface area (Å²) in [5.41, 5.74) is 6.17. The van der Waals surface area contributed by atoms with Crippen molar-refractivity contribution < 1.29 is 4.79 Å². The highest BCUT2D eigenvalue weighted by Crippen LogP contribution is 2.26. The van der Waals surface area contributed by atoms with E-state index < -0.39 is 0 Å². The van der Waals surface area contributed by atoms with Crippen LogP contribution in [-0.4, -0.2) is 15.8 Å². The van der Waals surface area contributed by atoms with E-state index in [1.165, 1.54) is 17.5 Å². The third-order valence-corrected chi connectivity index (χ3v) is 5.63. The number of benzene rings is 2. The molecule has 1 aliphatic carbocycles. The first-order valence-corrected chi connectivity index (χ1v) is 10.7. The number of anilines is 1. The van der Waals surface area contributed by atoms with E-state index in [0.717, 1.165) is 35.6 Å². The van der Waals surface area contributed by atoms with Crippen LogP contribution in [0.15, 0.2) is 48.5 Å². The molecule has 2 aromatic carbocycles. The van der Waals surface area contributed by atoms with E-state index in [4.69, 9.17) is 16.7 Å². The molecule has 1 heterocycles. The van der Waals surface area contributed by atoms with Crippen LogP contribution in [0.1, 0.15) is 49.7 Å². The lowest BCUT2D eigenvalue weighted by molar-refractivity contribution is 0.251. The fourth-order valence-corrected chi connectivity index (χ4v) is 3.92. The number of urea groups is 1. The molecule has 5 nitrogen and oxygen atoms in total. The predicted molar refractivity (Wildman–Crippen MR) is 122 cm³/mol. The first-order chi connectivity index (χ1) is 14.3. The van der Waals surface area contributed by atoms with Gasteiger partial charge in [0.1, 0.15) is 0 Å². The van der Waals surface area contributed by atoms with E-state index in [9.17, 15) is 4.79 Å². The van der Waals surface area contributed by atoms with E-state index in [0.29, 0.717) is 11.6 Å². The summed E-state index contributed by atoms with van der Waals surface area (Å²) in [6.07, 6.45) is 3.40. The van der Waals surface area contributed by atoms with Crippen LogP contribution >= 0.6 is 11.6 Å². The third kappa shape index (κ3) is 4.51. The van der Waals surface area contributed by atoms with E-state index in [1.54, 1.807) is 0 Å². The molecule has 0 spiro atoms. The molecule has 1 aliphatic rings. The Hall–Kier alpha value is -2.79. The molecule has 3 aromatic rings. The fourth-order valence-electron chi connectivity index (χ4n) is 3.74. The smallest absolute Gasteiger partial charge is 0.319 e. The van der Waals surface area contributed by atoms with Crippen LogP contribution in [0.2, 0.25) is 5.02 Å². The van der Waals surface area contributed by atoms with E-state index >= 15 is 0 Å². The Bertz CT molecular complexity index is 1080. The van der Waals surface area contributed by atoms with E-state index in [-0.39, 0.29) is 11.4 Å². The highest BCUT2D eigenvalue weighted by Gasteiger charge is 2.21. The molecular formula is C24H27ClN4O. The molecule has 0 radical (unpaired) electrons. The van der Waals surface area contributed by atoms with Crippen molar-refractivity contribution in [2.75, 3.05) is 5.32 Å². The van der Waals surface area contributed by atoms with Crippen molar-refractivity contribution in [3.05, 3.63) is 76.1 Å². The van der Waals surface area contributed by atoms with Gasteiger partial charge in [-0.3, -0.25) is 0 Å². The van der Waals surface area contributed by atoms with Gasteiger partial charge in [0.2, 0.25) is 0 Å². The summed E-state index contributed by atoms with van der Waals surface area (Å²) in [7, 11) is 0. The van der Waals surface area contributed by atoms with Gasteiger partial charge in [0, 0.05) is 16.1 Å². The Morgan fingerprint density at radius 2 is 1.90 bits per heavy atom. The fraction of sp³-hybridized carbons (Fsp3) is 0.333. The number of carbonyl (C=O) groups is 1. The Balaban J connectivity index is 1.50. The second kappa shape index (κ2) is 8.15. The molecule has 2 amide bonds. The molecule has 6 heteroatoms. The summed E-state index contributed by atoms with van der Waals surface area (Å²) >= 11 is 6.18. The number of hydrogen-bond acceptors (Lipinski definition) is 2. The van der Waals surface area contributed by atoms with Crippen LogP contribution in [0.5, 0.6) is 0 Å². The summed E-state index contributed by atoms with van der Waals surface area (Å²) in [6, 6.07) is 15.5. The van der Waals surface area contributed by atoms with Gasteiger partial charge in [0.05, 0.1) is 23.6 Å². The summed E-state index contributed by atoms with van der Waals surface area (Å²) in [4.78, 5) is 12.5. The van der Waals surface area contributed by atoms with Gasteiger partial charge in [-0.25, -0.2) is 9.48 Å². The zero-order valence-electron chi connectivity index (χ0n) is 17.6. The number of amides is 2. The lowest BCUT2D eigenvalue weighted by atomic mass is 9.92. The van der Waals surface area contributed by atoms with Crippen LogP contribution in [0, 0.1) is 0 Å². The third-order valence-electron chi connectivity index (χ3n) is 5.39. The number of rotatable bonds is 4. The van der Waals surface area contributed by atoms with Crippen molar-refractivity contribution in [2.45, 2.75) is 52.0 Å². The van der Waals surface area contributed by atoms with Crippen molar-refractivity contribution in [3.8, 4) is 5.69 Å². The highest BCUT2D eigenvalue weighted by molar-refractivity contribution is 6.30. The number of fused-ring (bicyclic) bond motifs is 1. The van der Waals surface area contributed by atoms with Gasteiger partial charge in [0.25, 0.3) is 0 Å². The SMILES string of the molecule is CC(C)(C)c1cc(CNC(=O)Nc2ccc3c(c2)CCC3)n(-c2cccc(Cl)c2)n1. The largest absolute Gasteiger partial charge is 0.332 e. The molecule has 30 heavy (non-hydrogen) atoms. The first-order valence-electron chi connectivity index (χ1n) is 10.3. The molecule has 2 N–H and O–H groups in total. The van der Waals surface area contributed by atoms with Crippen LogP contribution in [0.4, 0.5) is 10.5 Å². The number of aryl methyl sites for hydroxylation is 2. The minimum absolute atomic E-state index is 0.106. The minimum Gasteiger partial charge on any atom is -0.332 e. The minimum atomic E-state index is -0.232. The van der Waals surface area contributed by atoms with Crippen LogP contribution in [0.25, 0.3) is 5.69 Å². The number of aromatic nitrogens is 2. The molecule has 0 bridgehead atoms. The van der Waals surface area contributed by atoms with Crippen molar-refractivity contribution in [2.24, 2.45) is 0 Å². The lowest BCUT2D eigenvalue weighted by Gasteiger charge is -2.14. The highest BCUT2D eigenvalue weighted by atomic mass is 35.5. The quantitative estimate of drug-likeness (QED) is 0.572. The average molecular weight is 423 g/mol. The van der Waals surface area contributed by atoms with Crippen molar-refractivity contribution in [1.82, 2.24) is 15.1 Å². The van der Waals surface area contributed by atoms with Gasteiger partial charge < -0.3 is 10.6 Å². The number of carbonyl (C=O) groups excluding carboxylic acids is 1. The van der Waals surface area contributed by atoms with Crippen LogP contribution < -0.4 is 10.6 Å². The normalized spacial score (nSPS) is 13.2. The number of halogens is 1. The van der Waals surface area contributed by atoms with E-state index in [1.807, 2.05) is 41.1 Å². The zero-order chi connectivity index (χ0) is 21.3. The average Bonchev–Trinajstić information content (AvgIpc) is 3.32. The maximum Gasteiger partial charge on any atom is 0.319 e. The molecule has 4 rings (SSSR count). The van der Waals surface area contributed by atoms with Crippen LogP contribution in [0.3, 0.4) is 0 Å². The van der Waals surface area contributed by atoms with Gasteiger partial charge in [0.15, 0.2) is 0 Å². The topological polar surface area (TPSA) is 59.0 Å². The maximum absolute atomic E-state index is 12.5. The van der Waals surface area contributed by atoms with Gasteiger partial charge in [-0.15, -0.1) is 0 Å². The van der Waals surface area contributed by atoms with Gasteiger partial charge in [-0.2, -0.15) is 5.10 Å². The predicted octanol–water partition coefficient (Wildman–Crippen LogP) is 5.63. The summed E-state index contributed by atoms with van der Waals surface area (Å²) in [5.74, 6) is 0. The summed E-state index contributed by atoms with van der Waals surface area (Å²) < 4.78 is 1.85. The number of nitrogens with zero attached hydrogens (tertiary/aromatic N) is 2. The van der Waals surface area contributed by atoms with Crippen molar-refractivity contribution >= 4 is 23.3 Å². The summed E-state index contributed by atoms with van der Waals surface area (Å²) in [6.45, 7) is 6.71. The molecule has 0 saturated heterocycles. The van der Waals surface area contributed by atoms with Crippen molar-refractivity contribution in [1.29, 1.82) is 0 Å². The summed E-state index contributed by atoms with van der Waals surface area (Å²) in [5, 5.41) is 11.3. The Morgan fingerprint density at radius 3 is 2.67 bits per heavy atom. The van der Waals surface area contributed by atoms with Crippen molar-refractivity contribution in [3.63, 3.8) is 0 Å². The zero-order valence-corrected chi connectivity index (χ0v) is 18.4. The van der Waals surface area contributed by atoms with Gasteiger partial charge >= 0.3 is 6.03 Å². The number of hydrogen-bond donors (Lipinski definition) is 2. The maximum atomic E-state index is 12.5. The Morgan fingerprint density at radius 1 is 1.10 bits per heavy atom. The molecular weight excluding hydrogens is 396 g/mol. The second-order valence-electron chi connectivity index (χ2n) is 8.81. The lowest BCUT2D eigenvalue weighted by Crippen LogP contribution is -2.29. The Labute approximate surface area is 182 Å². The molecule has 0 atom stereocenters. The molecule has 0 fully saturated rings. The molecule has 0 saturated carbocycles. The Kier molecular flexibility index (Phi) is 5.56. The number of nitrogens with one attached hydrogen (secondary N) is 2. The first kappa shape index (κ1) is 20.5. The monoisotopic (exact) mass is 422 g/mol. The van der Waals surface area contributed by atoms with Gasteiger partial charge in [-0.1, -0.05) is 44.5 Å².